The van der Waals surface area contributed by atoms with Crippen molar-refractivity contribution in [1.82, 2.24) is 4.90 Å². The van der Waals surface area contributed by atoms with Crippen LogP contribution < -0.4 is 9.47 Å². The molecule has 1 N–H and O–H groups in total. The lowest BCUT2D eigenvalue weighted by Gasteiger charge is -2.37. The molecule has 2 aromatic carbocycles. The number of ether oxygens (including phenoxy) is 2. The second kappa shape index (κ2) is 8.44. The summed E-state index contributed by atoms with van der Waals surface area (Å²) in [6.45, 7) is 3.58. The summed E-state index contributed by atoms with van der Waals surface area (Å²) >= 11 is 0. The molecule has 1 heterocycles. The third-order valence-corrected chi connectivity index (χ3v) is 5.36. The number of likely N-dealkylation sites (tertiary alicyclic amines) is 1. The summed E-state index contributed by atoms with van der Waals surface area (Å²) in [6.07, 6.45) is 1.34. The summed E-state index contributed by atoms with van der Waals surface area (Å²) in [5.41, 5.74) is 3.53. The lowest BCUT2D eigenvalue weighted by molar-refractivity contribution is -0.143. The average Bonchev–Trinajstić information content (AvgIpc) is 2.70. The van der Waals surface area contributed by atoms with E-state index in [9.17, 15) is 9.90 Å². The summed E-state index contributed by atoms with van der Waals surface area (Å²) in [4.78, 5) is 13.7. The zero-order valence-electron chi connectivity index (χ0n) is 16.1. The van der Waals surface area contributed by atoms with Crippen molar-refractivity contribution >= 4 is 5.97 Å². The van der Waals surface area contributed by atoms with E-state index in [1.807, 2.05) is 12.1 Å². The van der Waals surface area contributed by atoms with Gasteiger partial charge in [-0.3, -0.25) is 9.69 Å². The van der Waals surface area contributed by atoms with Crippen LogP contribution in [0.3, 0.4) is 0 Å². The Balaban J connectivity index is 1.96. The van der Waals surface area contributed by atoms with Crippen LogP contribution in [0.25, 0.3) is 0 Å². The van der Waals surface area contributed by atoms with E-state index in [1.165, 1.54) is 11.1 Å². The Labute approximate surface area is 160 Å². The van der Waals surface area contributed by atoms with Crippen molar-refractivity contribution in [3.63, 3.8) is 0 Å². The standard InChI is InChI=1S/C22H27NO4/c1-15-4-6-16(7-5-15)21(23-12-10-17(11-13-23)22(24)25)18-8-9-19(26-2)20(14-18)27-3/h4-9,14,17,21H,10-13H2,1-3H3,(H,24,25). The first-order valence-corrected chi connectivity index (χ1v) is 9.29. The number of aryl methyl sites for hydroxylation is 1. The molecule has 0 saturated carbocycles. The van der Waals surface area contributed by atoms with E-state index in [0.29, 0.717) is 24.3 Å². The summed E-state index contributed by atoms with van der Waals surface area (Å²) in [5, 5.41) is 9.30. The van der Waals surface area contributed by atoms with Crippen molar-refractivity contribution in [2.45, 2.75) is 25.8 Å². The Morgan fingerprint density at radius 2 is 1.59 bits per heavy atom. The minimum Gasteiger partial charge on any atom is -0.493 e. The fourth-order valence-electron chi connectivity index (χ4n) is 3.79. The Morgan fingerprint density at radius 3 is 2.15 bits per heavy atom. The predicted octanol–water partition coefficient (Wildman–Crippen LogP) is 3.90. The molecule has 0 amide bonds. The maximum Gasteiger partial charge on any atom is 0.306 e. The van der Waals surface area contributed by atoms with Gasteiger partial charge in [-0.1, -0.05) is 35.9 Å². The highest BCUT2D eigenvalue weighted by Crippen LogP contribution is 2.37. The fraction of sp³-hybridized carbons (Fsp3) is 0.409. The molecule has 1 atom stereocenters. The number of piperidine rings is 1. The quantitative estimate of drug-likeness (QED) is 0.837. The van der Waals surface area contributed by atoms with Gasteiger partial charge in [0.2, 0.25) is 0 Å². The zero-order chi connectivity index (χ0) is 19.4. The van der Waals surface area contributed by atoms with E-state index < -0.39 is 5.97 Å². The van der Waals surface area contributed by atoms with Crippen molar-refractivity contribution in [3.8, 4) is 11.5 Å². The molecule has 0 aliphatic carbocycles. The van der Waals surface area contributed by atoms with Gasteiger partial charge < -0.3 is 14.6 Å². The Morgan fingerprint density at radius 1 is 1.00 bits per heavy atom. The van der Waals surface area contributed by atoms with Gasteiger partial charge >= 0.3 is 5.97 Å². The van der Waals surface area contributed by atoms with Gasteiger partial charge in [-0.15, -0.1) is 0 Å². The third-order valence-electron chi connectivity index (χ3n) is 5.36. The van der Waals surface area contributed by atoms with Crippen LogP contribution in [0.5, 0.6) is 11.5 Å². The van der Waals surface area contributed by atoms with E-state index in [0.717, 1.165) is 18.7 Å². The van der Waals surface area contributed by atoms with Gasteiger partial charge in [-0.25, -0.2) is 0 Å². The maximum atomic E-state index is 11.3. The third kappa shape index (κ3) is 4.25. The highest BCUT2D eigenvalue weighted by Gasteiger charge is 2.30. The number of carbonyl (C=O) groups is 1. The summed E-state index contributed by atoms with van der Waals surface area (Å²) in [7, 11) is 3.27. The van der Waals surface area contributed by atoms with E-state index in [2.05, 4.69) is 42.2 Å². The molecule has 1 fully saturated rings. The average molecular weight is 369 g/mol. The van der Waals surface area contributed by atoms with Crippen LogP contribution >= 0.6 is 0 Å². The van der Waals surface area contributed by atoms with Crippen molar-refractivity contribution in [1.29, 1.82) is 0 Å². The molecule has 27 heavy (non-hydrogen) atoms. The van der Waals surface area contributed by atoms with Crippen molar-refractivity contribution < 1.29 is 19.4 Å². The van der Waals surface area contributed by atoms with Crippen molar-refractivity contribution in [3.05, 3.63) is 59.2 Å². The van der Waals surface area contributed by atoms with Gasteiger partial charge in [-0.2, -0.15) is 0 Å². The molecular weight excluding hydrogens is 342 g/mol. The molecule has 1 aliphatic heterocycles. The van der Waals surface area contributed by atoms with Crippen molar-refractivity contribution in [2.75, 3.05) is 27.3 Å². The van der Waals surface area contributed by atoms with Gasteiger partial charge in [0, 0.05) is 0 Å². The van der Waals surface area contributed by atoms with Gasteiger partial charge in [0.05, 0.1) is 26.2 Å². The molecule has 5 nitrogen and oxygen atoms in total. The Kier molecular flexibility index (Phi) is 6.01. The summed E-state index contributed by atoms with van der Waals surface area (Å²) in [6, 6.07) is 14.6. The van der Waals surface area contributed by atoms with Gasteiger partial charge in [0.1, 0.15) is 0 Å². The van der Waals surface area contributed by atoms with Gasteiger partial charge in [0.15, 0.2) is 11.5 Å². The van der Waals surface area contributed by atoms with Crippen LogP contribution in [-0.4, -0.2) is 43.3 Å². The summed E-state index contributed by atoms with van der Waals surface area (Å²) in [5.74, 6) is 0.471. The molecule has 0 aromatic heterocycles. The Bertz CT molecular complexity index is 779. The SMILES string of the molecule is COc1ccc(C(c2ccc(C)cc2)N2CCC(C(=O)O)CC2)cc1OC. The molecule has 0 bridgehead atoms. The number of aliphatic carboxylic acids is 1. The van der Waals surface area contributed by atoms with Gasteiger partial charge in [0.25, 0.3) is 0 Å². The number of nitrogens with zero attached hydrogens (tertiary/aromatic N) is 1. The van der Waals surface area contributed by atoms with Crippen LogP contribution in [0.4, 0.5) is 0 Å². The second-order valence-electron chi connectivity index (χ2n) is 7.08. The Hall–Kier alpha value is -2.53. The largest absolute Gasteiger partial charge is 0.493 e. The number of hydrogen-bond acceptors (Lipinski definition) is 4. The first-order chi connectivity index (χ1) is 13.0. The number of rotatable bonds is 6. The minimum absolute atomic E-state index is 0.0557. The summed E-state index contributed by atoms with van der Waals surface area (Å²) < 4.78 is 10.9. The number of carboxylic acids is 1. The molecular formula is C22H27NO4. The predicted molar refractivity (Wildman–Crippen MR) is 105 cm³/mol. The van der Waals surface area contributed by atoms with Crippen LogP contribution in [0.2, 0.25) is 0 Å². The molecule has 0 radical (unpaired) electrons. The normalized spacial score (nSPS) is 16.7. The highest BCUT2D eigenvalue weighted by molar-refractivity contribution is 5.70. The van der Waals surface area contributed by atoms with Crippen LogP contribution in [0.15, 0.2) is 42.5 Å². The first kappa shape index (κ1) is 19.2. The molecule has 2 aromatic rings. The number of carboxylic acid groups (broad SMARTS) is 1. The topological polar surface area (TPSA) is 59.0 Å². The number of methoxy groups -OCH3 is 2. The van der Waals surface area contributed by atoms with Crippen LogP contribution in [-0.2, 0) is 4.79 Å². The first-order valence-electron chi connectivity index (χ1n) is 9.29. The lowest BCUT2D eigenvalue weighted by atomic mass is 9.91. The number of hydrogen-bond donors (Lipinski definition) is 1. The lowest BCUT2D eigenvalue weighted by Crippen LogP contribution is -2.39. The molecule has 1 unspecified atom stereocenters. The van der Waals surface area contributed by atoms with E-state index >= 15 is 0 Å². The smallest absolute Gasteiger partial charge is 0.306 e. The van der Waals surface area contributed by atoms with Crippen LogP contribution in [0, 0.1) is 12.8 Å². The minimum atomic E-state index is -0.687. The maximum absolute atomic E-state index is 11.3. The monoisotopic (exact) mass is 369 g/mol. The van der Waals surface area contributed by atoms with E-state index in [4.69, 9.17) is 9.47 Å². The fourth-order valence-corrected chi connectivity index (χ4v) is 3.79. The number of benzene rings is 2. The highest BCUT2D eigenvalue weighted by atomic mass is 16.5. The van der Waals surface area contributed by atoms with Crippen LogP contribution in [0.1, 0.15) is 35.6 Å². The van der Waals surface area contributed by atoms with Gasteiger partial charge in [-0.05, 0) is 56.1 Å². The second-order valence-corrected chi connectivity index (χ2v) is 7.08. The molecule has 144 valence electrons. The molecule has 1 aliphatic rings. The molecule has 3 rings (SSSR count). The van der Waals surface area contributed by atoms with E-state index in [-0.39, 0.29) is 12.0 Å². The van der Waals surface area contributed by atoms with Crippen molar-refractivity contribution in [2.24, 2.45) is 5.92 Å². The molecule has 0 spiro atoms. The van der Waals surface area contributed by atoms with E-state index in [1.54, 1.807) is 14.2 Å². The molecule has 1 saturated heterocycles. The zero-order valence-corrected chi connectivity index (χ0v) is 16.1. The molecule has 5 heteroatoms.